The average molecular weight is 277 g/mol. The third-order valence-electron chi connectivity index (χ3n) is 3.69. The number of benzene rings is 1. The number of ether oxygens (including phenoxy) is 2. The molecular weight excluding hydrogens is 254 g/mol. The summed E-state index contributed by atoms with van der Waals surface area (Å²) >= 11 is 0. The molecule has 1 aliphatic rings. The van der Waals surface area contributed by atoms with E-state index in [2.05, 4.69) is 17.4 Å². The Morgan fingerprint density at radius 3 is 3.05 bits per heavy atom. The summed E-state index contributed by atoms with van der Waals surface area (Å²) < 4.78 is 10.2. The third-order valence-corrected chi connectivity index (χ3v) is 3.69. The fourth-order valence-electron chi connectivity index (χ4n) is 2.71. The van der Waals surface area contributed by atoms with Gasteiger partial charge in [0.25, 0.3) is 0 Å². The van der Waals surface area contributed by atoms with Crippen molar-refractivity contribution in [1.29, 1.82) is 0 Å². The van der Waals surface area contributed by atoms with Crippen molar-refractivity contribution >= 4 is 5.97 Å². The lowest BCUT2D eigenvalue weighted by Crippen LogP contribution is -2.27. The Hall–Kier alpha value is -1.55. The van der Waals surface area contributed by atoms with Crippen molar-refractivity contribution in [3.8, 4) is 5.75 Å². The van der Waals surface area contributed by atoms with Crippen LogP contribution in [0.1, 0.15) is 43.4 Å². The standard InChI is InChI=1S/C16H23NO3/c1-3-20-16(18)9-10-17-15-6-4-5-12-11-13(19-2)7-8-14(12)15/h7-8,11,15,17H,3-6,9-10H2,1-2H3. The maximum absolute atomic E-state index is 11.3. The number of carbonyl (C=O) groups is 1. The molecule has 1 unspecified atom stereocenters. The van der Waals surface area contributed by atoms with Crippen LogP contribution in [0.4, 0.5) is 0 Å². The molecule has 0 amide bonds. The number of rotatable bonds is 6. The maximum atomic E-state index is 11.3. The summed E-state index contributed by atoms with van der Waals surface area (Å²) in [5.74, 6) is 0.779. The second-order valence-corrected chi connectivity index (χ2v) is 5.02. The van der Waals surface area contributed by atoms with Gasteiger partial charge in [-0.2, -0.15) is 0 Å². The monoisotopic (exact) mass is 277 g/mol. The Kier molecular flexibility index (Phi) is 5.41. The average Bonchev–Trinajstić information content (AvgIpc) is 2.47. The van der Waals surface area contributed by atoms with E-state index in [0.29, 0.717) is 25.6 Å². The molecule has 110 valence electrons. The SMILES string of the molecule is CCOC(=O)CCNC1CCCc2cc(OC)ccc21. The number of nitrogens with one attached hydrogen (secondary N) is 1. The van der Waals surface area contributed by atoms with E-state index in [9.17, 15) is 4.79 Å². The molecule has 0 spiro atoms. The largest absolute Gasteiger partial charge is 0.497 e. The minimum atomic E-state index is -0.134. The minimum Gasteiger partial charge on any atom is -0.497 e. The van der Waals surface area contributed by atoms with Crippen molar-refractivity contribution in [2.45, 2.75) is 38.6 Å². The van der Waals surface area contributed by atoms with Crippen molar-refractivity contribution in [3.05, 3.63) is 29.3 Å². The highest BCUT2D eigenvalue weighted by Crippen LogP contribution is 2.32. The van der Waals surface area contributed by atoms with E-state index in [1.165, 1.54) is 11.1 Å². The summed E-state index contributed by atoms with van der Waals surface area (Å²) in [6.45, 7) is 2.94. The van der Waals surface area contributed by atoms with Crippen LogP contribution in [0.15, 0.2) is 18.2 Å². The number of fused-ring (bicyclic) bond motifs is 1. The Balaban J connectivity index is 1.93. The van der Waals surface area contributed by atoms with Gasteiger partial charge in [-0.3, -0.25) is 4.79 Å². The van der Waals surface area contributed by atoms with E-state index in [1.54, 1.807) is 7.11 Å². The predicted octanol–water partition coefficient (Wildman–Crippen LogP) is 2.62. The Labute approximate surface area is 120 Å². The number of esters is 1. The molecular formula is C16H23NO3. The van der Waals surface area contributed by atoms with Crippen molar-refractivity contribution in [3.63, 3.8) is 0 Å². The molecule has 4 nitrogen and oxygen atoms in total. The molecule has 0 aliphatic heterocycles. The first-order chi connectivity index (χ1) is 9.74. The minimum absolute atomic E-state index is 0.134. The van der Waals surface area contributed by atoms with Crippen LogP contribution in [0.3, 0.4) is 0 Å². The van der Waals surface area contributed by atoms with Crippen LogP contribution >= 0.6 is 0 Å². The van der Waals surface area contributed by atoms with Crippen molar-refractivity contribution in [2.75, 3.05) is 20.3 Å². The zero-order chi connectivity index (χ0) is 14.4. The number of carbonyl (C=O) groups excluding carboxylic acids is 1. The topological polar surface area (TPSA) is 47.6 Å². The molecule has 0 saturated carbocycles. The van der Waals surface area contributed by atoms with Gasteiger partial charge in [0.05, 0.1) is 20.1 Å². The van der Waals surface area contributed by atoms with Gasteiger partial charge in [-0.15, -0.1) is 0 Å². The van der Waals surface area contributed by atoms with Gasteiger partial charge in [0, 0.05) is 12.6 Å². The van der Waals surface area contributed by atoms with Gasteiger partial charge in [-0.05, 0) is 49.4 Å². The molecule has 0 aromatic heterocycles. The molecule has 1 aromatic rings. The smallest absolute Gasteiger partial charge is 0.307 e. The highest BCUT2D eigenvalue weighted by atomic mass is 16.5. The lowest BCUT2D eigenvalue weighted by Gasteiger charge is -2.26. The normalized spacial score (nSPS) is 17.4. The number of methoxy groups -OCH3 is 1. The molecule has 0 fully saturated rings. The summed E-state index contributed by atoms with van der Waals surface area (Å²) in [7, 11) is 1.69. The molecule has 1 aliphatic carbocycles. The molecule has 1 aromatic carbocycles. The first-order valence-corrected chi connectivity index (χ1v) is 7.30. The van der Waals surface area contributed by atoms with Gasteiger partial charge in [0.15, 0.2) is 0 Å². The fourth-order valence-corrected chi connectivity index (χ4v) is 2.71. The summed E-state index contributed by atoms with van der Waals surface area (Å²) in [6, 6.07) is 6.59. The van der Waals surface area contributed by atoms with Crippen molar-refractivity contribution in [2.24, 2.45) is 0 Å². The first kappa shape index (κ1) is 14.9. The van der Waals surface area contributed by atoms with Gasteiger partial charge < -0.3 is 14.8 Å². The molecule has 1 N–H and O–H groups in total. The second kappa shape index (κ2) is 7.29. The molecule has 0 saturated heterocycles. The lowest BCUT2D eigenvalue weighted by molar-refractivity contribution is -0.143. The first-order valence-electron chi connectivity index (χ1n) is 7.30. The van der Waals surface area contributed by atoms with Crippen LogP contribution in [0.2, 0.25) is 0 Å². The van der Waals surface area contributed by atoms with E-state index in [4.69, 9.17) is 9.47 Å². The predicted molar refractivity (Wildman–Crippen MR) is 77.9 cm³/mol. The highest BCUT2D eigenvalue weighted by molar-refractivity contribution is 5.69. The van der Waals surface area contributed by atoms with Crippen LogP contribution in [0.5, 0.6) is 5.75 Å². The number of aryl methyl sites for hydroxylation is 1. The zero-order valence-electron chi connectivity index (χ0n) is 12.3. The second-order valence-electron chi connectivity index (χ2n) is 5.02. The summed E-state index contributed by atoms with van der Waals surface area (Å²) in [5.41, 5.74) is 2.69. The van der Waals surface area contributed by atoms with Gasteiger partial charge in [-0.25, -0.2) is 0 Å². The van der Waals surface area contributed by atoms with Crippen molar-refractivity contribution < 1.29 is 14.3 Å². The Bertz CT molecular complexity index is 459. The molecule has 4 heteroatoms. The van der Waals surface area contributed by atoms with E-state index in [0.717, 1.165) is 25.0 Å². The molecule has 0 bridgehead atoms. The highest BCUT2D eigenvalue weighted by Gasteiger charge is 2.20. The quantitative estimate of drug-likeness (QED) is 0.812. The van der Waals surface area contributed by atoms with E-state index >= 15 is 0 Å². The van der Waals surface area contributed by atoms with Gasteiger partial charge in [-0.1, -0.05) is 6.07 Å². The summed E-state index contributed by atoms with van der Waals surface area (Å²) in [6.07, 6.45) is 3.80. The van der Waals surface area contributed by atoms with Gasteiger partial charge in [0.1, 0.15) is 5.75 Å². The van der Waals surface area contributed by atoms with Crippen LogP contribution < -0.4 is 10.1 Å². The van der Waals surface area contributed by atoms with Crippen LogP contribution in [0, 0.1) is 0 Å². The fraction of sp³-hybridized carbons (Fsp3) is 0.562. The number of hydrogen-bond acceptors (Lipinski definition) is 4. The van der Waals surface area contributed by atoms with Crippen LogP contribution in [-0.4, -0.2) is 26.2 Å². The van der Waals surface area contributed by atoms with Crippen molar-refractivity contribution in [1.82, 2.24) is 5.32 Å². The number of hydrogen-bond donors (Lipinski definition) is 1. The maximum Gasteiger partial charge on any atom is 0.307 e. The van der Waals surface area contributed by atoms with Crippen LogP contribution in [-0.2, 0) is 16.0 Å². The summed E-state index contributed by atoms with van der Waals surface area (Å²) in [4.78, 5) is 11.3. The van der Waals surface area contributed by atoms with E-state index < -0.39 is 0 Å². The summed E-state index contributed by atoms with van der Waals surface area (Å²) in [5, 5.41) is 3.46. The molecule has 0 heterocycles. The third kappa shape index (κ3) is 3.73. The Morgan fingerprint density at radius 1 is 1.45 bits per heavy atom. The molecule has 20 heavy (non-hydrogen) atoms. The van der Waals surface area contributed by atoms with Gasteiger partial charge in [0.2, 0.25) is 0 Å². The van der Waals surface area contributed by atoms with E-state index in [1.807, 2.05) is 13.0 Å². The van der Waals surface area contributed by atoms with E-state index in [-0.39, 0.29) is 5.97 Å². The van der Waals surface area contributed by atoms with Gasteiger partial charge >= 0.3 is 5.97 Å². The zero-order valence-corrected chi connectivity index (χ0v) is 12.3. The molecule has 0 radical (unpaired) electrons. The lowest BCUT2D eigenvalue weighted by atomic mass is 9.87. The molecule has 2 rings (SSSR count). The molecule has 1 atom stereocenters. The Morgan fingerprint density at radius 2 is 2.30 bits per heavy atom. The van der Waals surface area contributed by atoms with Crippen LogP contribution in [0.25, 0.3) is 0 Å².